The molecular weight excluding hydrogens is 388 g/mol. The van der Waals surface area contributed by atoms with Crippen molar-refractivity contribution >= 4 is 11.7 Å². The lowest BCUT2D eigenvalue weighted by atomic mass is 10.0. The highest BCUT2D eigenvalue weighted by Crippen LogP contribution is 2.21. The fourth-order valence-corrected chi connectivity index (χ4v) is 3.64. The van der Waals surface area contributed by atoms with Crippen LogP contribution in [0.3, 0.4) is 0 Å². The summed E-state index contributed by atoms with van der Waals surface area (Å²) in [5.41, 5.74) is 3.12. The quantitative estimate of drug-likeness (QED) is 0.608. The zero-order valence-electron chi connectivity index (χ0n) is 18.1. The number of anilines is 1. The summed E-state index contributed by atoms with van der Waals surface area (Å²) in [5, 5.41) is 8.76. The Hall–Kier alpha value is -3.41. The molecule has 31 heavy (non-hydrogen) atoms. The molecule has 6 heteroatoms. The molecule has 1 amide bonds. The van der Waals surface area contributed by atoms with E-state index in [0.29, 0.717) is 19.0 Å². The third-order valence-corrected chi connectivity index (χ3v) is 5.56. The summed E-state index contributed by atoms with van der Waals surface area (Å²) in [7, 11) is 0. The Morgan fingerprint density at radius 3 is 2.39 bits per heavy atom. The van der Waals surface area contributed by atoms with Gasteiger partial charge in [0.2, 0.25) is 0 Å². The highest BCUT2D eigenvalue weighted by molar-refractivity contribution is 5.78. The minimum atomic E-state index is 0.0140. The molecule has 0 radical (unpaired) electrons. The van der Waals surface area contributed by atoms with Gasteiger partial charge in [0.25, 0.3) is 5.91 Å². The molecule has 1 fully saturated rings. The number of amides is 1. The lowest BCUT2D eigenvalue weighted by Gasteiger charge is -2.35. The Morgan fingerprint density at radius 1 is 0.935 bits per heavy atom. The highest BCUT2D eigenvalue weighted by Gasteiger charge is 2.22. The molecule has 160 valence electrons. The van der Waals surface area contributed by atoms with E-state index in [-0.39, 0.29) is 12.5 Å². The lowest BCUT2D eigenvalue weighted by molar-refractivity contribution is -0.133. The molecule has 0 atom stereocenters. The van der Waals surface area contributed by atoms with Crippen LogP contribution in [-0.2, 0) is 4.79 Å². The number of benzene rings is 2. The standard InChI is InChI=1S/C25H28N4O2/c1-19(2)21-9-6-10-22(17-21)31-18-25(30)29-15-13-28(14-16-29)24-12-11-23(26-27-24)20-7-4-3-5-8-20/h3-12,17,19H,13-16,18H2,1-2H3. The Kier molecular flexibility index (Phi) is 6.46. The van der Waals surface area contributed by atoms with E-state index in [2.05, 4.69) is 35.0 Å². The summed E-state index contributed by atoms with van der Waals surface area (Å²) in [6.45, 7) is 7.11. The minimum absolute atomic E-state index is 0.0140. The monoisotopic (exact) mass is 416 g/mol. The van der Waals surface area contributed by atoms with Crippen LogP contribution in [0.25, 0.3) is 11.3 Å². The van der Waals surface area contributed by atoms with Gasteiger partial charge in [-0.15, -0.1) is 10.2 Å². The molecule has 0 bridgehead atoms. The molecule has 1 aromatic heterocycles. The maximum absolute atomic E-state index is 12.6. The van der Waals surface area contributed by atoms with E-state index in [9.17, 15) is 4.79 Å². The van der Waals surface area contributed by atoms with Gasteiger partial charge in [-0.05, 0) is 35.7 Å². The first-order valence-electron chi connectivity index (χ1n) is 10.7. The minimum Gasteiger partial charge on any atom is -0.484 e. The topological polar surface area (TPSA) is 58.6 Å². The molecule has 2 aromatic carbocycles. The van der Waals surface area contributed by atoms with Gasteiger partial charge in [-0.25, -0.2) is 0 Å². The van der Waals surface area contributed by atoms with E-state index in [4.69, 9.17) is 4.74 Å². The predicted molar refractivity (Wildman–Crippen MR) is 122 cm³/mol. The molecule has 1 aliphatic rings. The summed E-state index contributed by atoms with van der Waals surface area (Å²) in [4.78, 5) is 16.6. The largest absolute Gasteiger partial charge is 0.484 e. The van der Waals surface area contributed by atoms with Gasteiger partial charge in [0.15, 0.2) is 12.4 Å². The number of hydrogen-bond donors (Lipinski definition) is 0. The Bertz CT molecular complexity index is 998. The maximum Gasteiger partial charge on any atom is 0.260 e. The summed E-state index contributed by atoms with van der Waals surface area (Å²) < 4.78 is 5.75. The Morgan fingerprint density at radius 2 is 1.71 bits per heavy atom. The van der Waals surface area contributed by atoms with Gasteiger partial charge in [-0.1, -0.05) is 56.3 Å². The summed E-state index contributed by atoms with van der Waals surface area (Å²) in [5.74, 6) is 2.03. The zero-order chi connectivity index (χ0) is 21.6. The van der Waals surface area contributed by atoms with Crippen LogP contribution >= 0.6 is 0 Å². The van der Waals surface area contributed by atoms with E-state index in [0.717, 1.165) is 35.9 Å². The lowest BCUT2D eigenvalue weighted by Crippen LogP contribution is -2.50. The summed E-state index contributed by atoms with van der Waals surface area (Å²) in [6.07, 6.45) is 0. The second-order valence-electron chi connectivity index (χ2n) is 8.03. The number of piperazine rings is 1. The van der Waals surface area contributed by atoms with Crippen molar-refractivity contribution in [1.29, 1.82) is 0 Å². The second kappa shape index (κ2) is 9.60. The molecule has 0 N–H and O–H groups in total. The van der Waals surface area contributed by atoms with E-state index in [1.54, 1.807) is 0 Å². The van der Waals surface area contributed by atoms with Crippen molar-refractivity contribution in [3.63, 3.8) is 0 Å². The Balaban J connectivity index is 1.28. The van der Waals surface area contributed by atoms with Crippen molar-refractivity contribution in [3.05, 3.63) is 72.3 Å². The first-order valence-corrected chi connectivity index (χ1v) is 10.7. The first-order chi connectivity index (χ1) is 15.1. The van der Waals surface area contributed by atoms with E-state index >= 15 is 0 Å². The summed E-state index contributed by atoms with van der Waals surface area (Å²) in [6, 6.07) is 22.0. The number of aromatic nitrogens is 2. The van der Waals surface area contributed by atoms with Crippen molar-refractivity contribution in [2.24, 2.45) is 0 Å². The predicted octanol–water partition coefficient (Wildman–Crippen LogP) is 3.99. The number of carbonyl (C=O) groups is 1. The van der Waals surface area contributed by atoms with Crippen molar-refractivity contribution in [1.82, 2.24) is 15.1 Å². The molecular formula is C25H28N4O2. The third-order valence-electron chi connectivity index (χ3n) is 5.56. The van der Waals surface area contributed by atoms with Crippen LogP contribution < -0.4 is 9.64 Å². The Labute approximate surface area is 183 Å². The van der Waals surface area contributed by atoms with Crippen LogP contribution in [0.15, 0.2) is 66.7 Å². The molecule has 0 saturated carbocycles. The highest BCUT2D eigenvalue weighted by atomic mass is 16.5. The van der Waals surface area contributed by atoms with Crippen molar-refractivity contribution in [2.45, 2.75) is 19.8 Å². The van der Waals surface area contributed by atoms with Crippen LogP contribution in [-0.4, -0.2) is 53.8 Å². The SMILES string of the molecule is CC(C)c1cccc(OCC(=O)N2CCN(c3ccc(-c4ccccc4)nn3)CC2)c1. The van der Waals surface area contributed by atoms with Gasteiger partial charge in [-0.2, -0.15) is 0 Å². The third kappa shape index (κ3) is 5.20. The van der Waals surface area contributed by atoms with Gasteiger partial charge in [-0.3, -0.25) is 4.79 Å². The number of ether oxygens (including phenoxy) is 1. The number of hydrogen-bond acceptors (Lipinski definition) is 5. The first kappa shape index (κ1) is 20.8. The molecule has 0 unspecified atom stereocenters. The van der Waals surface area contributed by atoms with E-state index < -0.39 is 0 Å². The fourth-order valence-electron chi connectivity index (χ4n) is 3.64. The van der Waals surface area contributed by atoms with Gasteiger partial charge in [0, 0.05) is 31.7 Å². The molecule has 4 rings (SSSR count). The van der Waals surface area contributed by atoms with Gasteiger partial charge in [0.1, 0.15) is 5.75 Å². The van der Waals surface area contributed by atoms with E-state index in [1.165, 1.54) is 5.56 Å². The number of rotatable bonds is 6. The smallest absolute Gasteiger partial charge is 0.260 e. The molecule has 2 heterocycles. The number of nitrogens with zero attached hydrogens (tertiary/aromatic N) is 4. The molecule has 1 saturated heterocycles. The van der Waals surface area contributed by atoms with Gasteiger partial charge >= 0.3 is 0 Å². The van der Waals surface area contributed by atoms with Gasteiger partial charge in [0.05, 0.1) is 5.69 Å². The molecule has 3 aromatic rings. The normalized spacial score (nSPS) is 14.0. The van der Waals surface area contributed by atoms with Gasteiger partial charge < -0.3 is 14.5 Å². The van der Waals surface area contributed by atoms with Crippen LogP contribution in [0, 0.1) is 0 Å². The average Bonchev–Trinajstić information content (AvgIpc) is 2.83. The molecule has 6 nitrogen and oxygen atoms in total. The second-order valence-corrected chi connectivity index (χ2v) is 8.03. The van der Waals surface area contributed by atoms with Crippen molar-refractivity contribution < 1.29 is 9.53 Å². The van der Waals surface area contributed by atoms with E-state index in [1.807, 2.05) is 65.6 Å². The number of carbonyl (C=O) groups excluding carboxylic acids is 1. The van der Waals surface area contributed by atoms with Crippen LogP contribution in [0.4, 0.5) is 5.82 Å². The van der Waals surface area contributed by atoms with Crippen molar-refractivity contribution in [3.8, 4) is 17.0 Å². The summed E-state index contributed by atoms with van der Waals surface area (Å²) >= 11 is 0. The molecule has 0 spiro atoms. The van der Waals surface area contributed by atoms with Crippen LogP contribution in [0.5, 0.6) is 5.75 Å². The van der Waals surface area contributed by atoms with Crippen LogP contribution in [0.2, 0.25) is 0 Å². The maximum atomic E-state index is 12.6. The zero-order valence-corrected chi connectivity index (χ0v) is 18.1. The van der Waals surface area contributed by atoms with Crippen molar-refractivity contribution in [2.75, 3.05) is 37.7 Å². The fraction of sp³-hybridized carbons (Fsp3) is 0.320. The van der Waals surface area contributed by atoms with Crippen LogP contribution in [0.1, 0.15) is 25.3 Å². The molecule has 0 aliphatic carbocycles. The average molecular weight is 417 g/mol. The molecule has 1 aliphatic heterocycles.